The van der Waals surface area contributed by atoms with E-state index in [0.29, 0.717) is 5.69 Å². The zero-order valence-electron chi connectivity index (χ0n) is 9.57. The molecule has 0 heterocycles. The number of rotatable bonds is 3. The molecule has 0 unspecified atom stereocenters. The van der Waals surface area contributed by atoms with E-state index in [1.54, 1.807) is 7.11 Å². The van der Waals surface area contributed by atoms with Crippen LogP contribution in [0.5, 0.6) is 0 Å². The number of methoxy groups -OCH3 is 1. The third kappa shape index (κ3) is 2.55. The van der Waals surface area contributed by atoms with Crippen molar-refractivity contribution in [3.63, 3.8) is 0 Å². The van der Waals surface area contributed by atoms with Crippen molar-refractivity contribution in [2.75, 3.05) is 12.8 Å². The molecule has 1 aliphatic rings. The number of anilines is 1. The minimum Gasteiger partial charge on any atom is -0.399 e. The van der Waals surface area contributed by atoms with Gasteiger partial charge in [0.05, 0.1) is 11.7 Å². The van der Waals surface area contributed by atoms with Gasteiger partial charge in [0, 0.05) is 18.8 Å². The van der Waals surface area contributed by atoms with Crippen LogP contribution in [0.15, 0.2) is 18.2 Å². The Morgan fingerprint density at radius 3 is 2.88 bits per heavy atom. The third-order valence-electron chi connectivity index (χ3n) is 3.00. The second-order valence-corrected chi connectivity index (χ2v) is 4.24. The minimum absolute atomic E-state index is 0.00846. The summed E-state index contributed by atoms with van der Waals surface area (Å²) in [5.41, 5.74) is 5.89. The van der Waals surface area contributed by atoms with Crippen molar-refractivity contribution < 1.29 is 13.9 Å². The second kappa shape index (κ2) is 4.71. The van der Waals surface area contributed by atoms with Gasteiger partial charge < -0.3 is 15.8 Å². The van der Waals surface area contributed by atoms with Crippen LogP contribution in [-0.2, 0) is 4.74 Å². The molecule has 1 saturated carbocycles. The number of carbonyl (C=O) groups excluding carboxylic acids is 1. The summed E-state index contributed by atoms with van der Waals surface area (Å²) in [5, 5.41) is 2.75. The lowest BCUT2D eigenvalue weighted by molar-refractivity contribution is 0.0175. The SMILES string of the molecule is COC1CC(NC(=O)c2cc(N)ccc2F)C1. The van der Waals surface area contributed by atoms with Gasteiger partial charge in [0.2, 0.25) is 0 Å². The van der Waals surface area contributed by atoms with Crippen LogP contribution >= 0.6 is 0 Å². The molecule has 0 bridgehead atoms. The van der Waals surface area contributed by atoms with E-state index in [1.807, 2.05) is 0 Å². The largest absolute Gasteiger partial charge is 0.399 e. The van der Waals surface area contributed by atoms with Gasteiger partial charge in [0.25, 0.3) is 5.91 Å². The molecule has 1 aromatic rings. The summed E-state index contributed by atoms with van der Waals surface area (Å²) in [7, 11) is 1.64. The Kier molecular flexibility index (Phi) is 3.28. The van der Waals surface area contributed by atoms with E-state index in [0.717, 1.165) is 12.8 Å². The molecular weight excluding hydrogens is 223 g/mol. The van der Waals surface area contributed by atoms with Gasteiger partial charge in [-0.3, -0.25) is 4.79 Å². The fourth-order valence-electron chi connectivity index (χ4n) is 1.86. The Morgan fingerprint density at radius 1 is 1.53 bits per heavy atom. The first-order chi connectivity index (χ1) is 8.10. The molecule has 1 aromatic carbocycles. The molecule has 0 aliphatic heterocycles. The summed E-state index contributed by atoms with van der Waals surface area (Å²) in [6.45, 7) is 0. The van der Waals surface area contributed by atoms with Crippen LogP contribution in [0.2, 0.25) is 0 Å². The van der Waals surface area contributed by atoms with Crippen LogP contribution < -0.4 is 11.1 Å². The summed E-state index contributed by atoms with van der Waals surface area (Å²) in [6, 6.07) is 4.03. The smallest absolute Gasteiger partial charge is 0.254 e. The Labute approximate surface area is 98.9 Å². The van der Waals surface area contributed by atoms with Gasteiger partial charge in [-0.05, 0) is 31.0 Å². The van der Waals surface area contributed by atoms with Crippen molar-refractivity contribution in [1.29, 1.82) is 0 Å². The number of ether oxygens (including phenoxy) is 1. The van der Waals surface area contributed by atoms with Crippen LogP contribution in [0, 0.1) is 5.82 Å². The fraction of sp³-hybridized carbons (Fsp3) is 0.417. The van der Waals surface area contributed by atoms with E-state index < -0.39 is 11.7 Å². The summed E-state index contributed by atoms with van der Waals surface area (Å²) in [5.74, 6) is -0.978. The van der Waals surface area contributed by atoms with Gasteiger partial charge in [-0.2, -0.15) is 0 Å². The van der Waals surface area contributed by atoms with Crippen LogP contribution in [-0.4, -0.2) is 25.2 Å². The van der Waals surface area contributed by atoms with Gasteiger partial charge in [-0.25, -0.2) is 4.39 Å². The first-order valence-corrected chi connectivity index (χ1v) is 5.49. The molecule has 0 atom stereocenters. The highest BCUT2D eigenvalue weighted by Gasteiger charge is 2.30. The van der Waals surface area contributed by atoms with Gasteiger partial charge in [-0.15, -0.1) is 0 Å². The van der Waals surface area contributed by atoms with Crippen molar-refractivity contribution in [3.05, 3.63) is 29.6 Å². The van der Waals surface area contributed by atoms with E-state index >= 15 is 0 Å². The average Bonchev–Trinajstić information content (AvgIpc) is 2.25. The molecule has 1 amide bonds. The molecule has 92 valence electrons. The molecule has 3 N–H and O–H groups in total. The fourth-order valence-corrected chi connectivity index (χ4v) is 1.86. The number of hydrogen-bond donors (Lipinski definition) is 2. The maximum Gasteiger partial charge on any atom is 0.254 e. The predicted octanol–water partition coefficient (Wildman–Crippen LogP) is 1.32. The second-order valence-electron chi connectivity index (χ2n) is 4.24. The molecule has 0 saturated heterocycles. The topological polar surface area (TPSA) is 64.3 Å². The molecule has 2 rings (SSSR count). The minimum atomic E-state index is -0.556. The Morgan fingerprint density at radius 2 is 2.24 bits per heavy atom. The normalized spacial score (nSPS) is 22.9. The zero-order chi connectivity index (χ0) is 12.4. The maximum atomic E-state index is 13.4. The molecular formula is C12H15FN2O2. The summed E-state index contributed by atoms with van der Waals surface area (Å²) in [4.78, 5) is 11.8. The van der Waals surface area contributed by atoms with E-state index in [4.69, 9.17) is 10.5 Å². The van der Waals surface area contributed by atoms with E-state index in [9.17, 15) is 9.18 Å². The molecule has 17 heavy (non-hydrogen) atoms. The first kappa shape index (κ1) is 11.9. The van der Waals surface area contributed by atoms with Crippen molar-refractivity contribution >= 4 is 11.6 Å². The number of benzene rings is 1. The summed E-state index contributed by atoms with van der Waals surface area (Å²) >= 11 is 0. The highest BCUT2D eigenvalue weighted by atomic mass is 19.1. The number of nitrogens with two attached hydrogens (primary N) is 1. The number of nitrogen functional groups attached to an aromatic ring is 1. The molecule has 1 aliphatic carbocycles. The van der Waals surface area contributed by atoms with Gasteiger partial charge in [0.15, 0.2) is 0 Å². The van der Waals surface area contributed by atoms with Gasteiger partial charge >= 0.3 is 0 Å². The number of carbonyl (C=O) groups is 1. The molecule has 0 aromatic heterocycles. The predicted molar refractivity (Wildman–Crippen MR) is 62.1 cm³/mol. The quantitative estimate of drug-likeness (QED) is 0.780. The molecule has 0 radical (unpaired) electrons. The van der Waals surface area contributed by atoms with Crippen molar-refractivity contribution in [1.82, 2.24) is 5.32 Å². The lowest BCUT2D eigenvalue weighted by Gasteiger charge is -2.34. The Hall–Kier alpha value is -1.62. The Balaban J connectivity index is 1.98. The summed E-state index contributed by atoms with van der Waals surface area (Å²) < 4.78 is 18.5. The lowest BCUT2D eigenvalue weighted by Crippen LogP contribution is -2.47. The number of amides is 1. The molecule has 4 nitrogen and oxygen atoms in total. The zero-order valence-corrected chi connectivity index (χ0v) is 9.57. The van der Waals surface area contributed by atoms with Crippen LogP contribution in [0.4, 0.5) is 10.1 Å². The highest BCUT2D eigenvalue weighted by molar-refractivity contribution is 5.95. The van der Waals surface area contributed by atoms with Crippen molar-refractivity contribution in [2.45, 2.75) is 25.0 Å². The lowest BCUT2D eigenvalue weighted by atomic mass is 9.89. The highest BCUT2D eigenvalue weighted by Crippen LogP contribution is 2.23. The van der Waals surface area contributed by atoms with E-state index in [1.165, 1.54) is 18.2 Å². The molecule has 1 fully saturated rings. The summed E-state index contributed by atoms with van der Waals surface area (Å²) in [6.07, 6.45) is 1.74. The average molecular weight is 238 g/mol. The van der Waals surface area contributed by atoms with Gasteiger partial charge in [0.1, 0.15) is 5.82 Å². The van der Waals surface area contributed by atoms with Crippen molar-refractivity contribution in [2.24, 2.45) is 0 Å². The maximum absolute atomic E-state index is 13.4. The number of nitrogens with one attached hydrogen (secondary N) is 1. The van der Waals surface area contributed by atoms with E-state index in [2.05, 4.69) is 5.32 Å². The van der Waals surface area contributed by atoms with Crippen molar-refractivity contribution in [3.8, 4) is 0 Å². The monoisotopic (exact) mass is 238 g/mol. The standard InChI is InChI=1S/C12H15FN2O2/c1-17-9-5-8(6-9)15-12(16)10-4-7(14)2-3-11(10)13/h2-4,8-9H,5-6,14H2,1H3,(H,15,16). The number of halogens is 1. The Bertz CT molecular complexity index is 431. The molecule has 0 spiro atoms. The first-order valence-electron chi connectivity index (χ1n) is 5.49. The van der Waals surface area contributed by atoms with E-state index in [-0.39, 0.29) is 17.7 Å². The third-order valence-corrected chi connectivity index (χ3v) is 3.00. The van der Waals surface area contributed by atoms with Crippen LogP contribution in [0.25, 0.3) is 0 Å². The van der Waals surface area contributed by atoms with Gasteiger partial charge in [-0.1, -0.05) is 0 Å². The van der Waals surface area contributed by atoms with Crippen LogP contribution in [0.3, 0.4) is 0 Å². The molecule has 5 heteroatoms. The van der Waals surface area contributed by atoms with Crippen LogP contribution in [0.1, 0.15) is 23.2 Å². The number of hydrogen-bond acceptors (Lipinski definition) is 3.